The number of thiazole rings is 1. The number of rotatable bonds is 8. The maximum atomic E-state index is 12.9. The largest absolute Gasteiger partial charge is 0.454 e. The van der Waals surface area contributed by atoms with E-state index in [0.717, 1.165) is 22.6 Å². The first kappa shape index (κ1) is 22.1. The molecule has 0 saturated carbocycles. The van der Waals surface area contributed by atoms with Crippen molar-refractivity contribution < 1.29 is 14.3 Å². The van der Waals surface area contributed by atoms with Crippen molar-refractivity contribution in [3.8, 4) is 29.0 Å². The average Bonchev–Trinajstić information content (AvgIpc) is 3.59. The number of aryl methyl sites for hydroxylation is 1. The number of benzene rings is 2. The Kier molecular flexibility index (Phi) is 6.29. The molecule has 34 heavy (non-hydrogen) atoms. The fourth-order valence-electron chi connectivity index (χ4n) is 3.55. The van der Waals surface area contributed by atoms with E-state index in [4.69, 9.17) is 9.47 Å². The molecule has 0 fully saturated rings. The fourth-order valence-corrected chi connectivity index (χ4v) is 5.25. The zero-order valence-electron chi connectivity index (χ0n) is 18.2. The van der Waals surface area contributed by atoms with Gasteiger partial charge < -0.3 is 9.47 Å². The highest BCUT2D eigenvalue weighted by atomic mass is 32.2. The minimum absolute atomic E-state index is 0.0882. The van der Waals surface area contributed by atoms with Gasteiger partial charge in [-0.3, -0.25) is 9.36 Å². The quantitative estimate of drug-likeness (QED) is 0.334. The van der Waals surface area contributed by atoms with Crippen LogP contribution in [-0.2, 0) is 11.3 Å². The van der Waals surface area contributed by atoms with Gasteiger partial charge >= 0.3 is 0 Å². The molecule has 8 nitrogen and oxygen atoms in total. The zero-order valence-corrected chi connectivity index (χ0v) is 19.8. The van der Waals surface area contributed by atoms with Crippen molar-refractivity contribution in [2.45, 2.75) is 24.5 Å². The third-order valence-electron chi connectivity index (χ3n) is 5.20. The van der Waals surface area contributed by atoms with Gasteiger partial charge in [-0.1, -0.05) is 48.2 Å². The molecular formula is C24H19N5O3S2. The number of Topliss-reactive ketones (excluding diaryl/α,β-unsaturated/α-hetero) is 1. The van der Waals surface area contributed by atoms with Crippen molar-refractivity contribution in [3.63, 3.8) is 0 Å². The molecule has 0 spiro atoms. The van der Waals surface area contributed by atoms with E-state index in [-0.39, 0.29) is 18.3 Å². The molecule has 10 heteroatoms. The number of carbonyl (C=O) groups is 1. The lowest BCUT2D eigenvalue weighted by Gasteiger charge is -2.11. The molecule has 0 radical (unpaired) electrons. The van der Waals surface area contributed by atoms with E-state index in [2.05, 4.69) is 21.3 Å². The Bertz CT molecular complexity index is 1380. The molecule has 1 aliphatic rings. The summed E-state index contributed by atoms with van der Waals surface area (Å²) in [5, 5.41) is 21.3. The second kappa shape index (κ2) is 9.67. The van der Waals surface area contributed by atoms with Crippen LogP contribution in [0.4, 0.5) is 0 Å². The number of fused-ring (bicyclic) bond motifs is 1. The highest BCUT2D eigenvalue weighted by molar-refractivity contribution is 7.99. The Morgan fingerprint density at radius 2 is 2.03 bits per heavy atom. The smallest absolute Gasteiger partial charge is 0.231 e. The Balaban J connectivity index is 1.41. The first-order chi connectivity index (χ1) is 16.6. The molecule has 3 heterocycles. The molecule has 2 aromatic heterocycles. The normalized spacial score (nSPS) is 12.9. The Morgan fingerprint density at radius 3 is 2.79 bits per heavy atom. The second-order valence-corrected chi connectivity index (χ2v) is 9.42. The highest BCUT2D eigenvalue weighted by Gasteiger charge is 2.25. The lowest BCUT2D eigenvalue weighted by molar-refractivity contribution is -0.116. The molecule has 0 N–H and O–H groups in total. The minimum atomic E-state index is -0.884. The summed E-state index contributed by atoms with van der Waals surface area (Å²) in [6.07, 6.45) is 0. The van der Waals surface area contributed by atoms with Gasteiger partial charge in [-0.15, -0.1) is 21.5 Å². The Morgan fingerprint density at radius 1 is 1.21 bits per heavy atom. The van der Waals surface area contributed by atoms with Crippen molar-refractivity contribution in [2.75, 3.05) is 12.5 Å². The third kappa shape index (κ3) is 4.53. The first-order valence-electron chi connectivity index (χ1n) is 10.5. The van der Waals surface area contributed by atoms with Crippen LogP contribution in [0.3, 0.4) is 0 Å². The molecule has 0 bridgehead atoms. The first-order valence-corrected chi connectivity index (χ1v) is 12.3. The molecular weight excluding hydrogens is 470 g/mol. The van der Waals surface area contributed by atoms with E-state index in [1.807, 2.05) is 65.4 Å². The number of carbonyl (C=O) groups excluding carboxylic acids is 1. The van der Waals surface area contributed by atoms with E-state index in [9.17, 15) is 10.1 Å². The van der Waals surface area contributed by atoms with E-state index in [1.54, 1.807) is 0 Å². The summed E-state index contributed by atoms with van der Waals surface area (Å²) in [4.78, 5) is 17.2. The van der Waals surface area contributed by atoms with Crippen LogP contribution in [0.15, 0.2) is 59.1 Å². The van der Waals surface area contributed by atoms with Gasteiger partial charge in [0.2, 0.25) is 6.79 Å². The van der Waals surface area contributed by atoms with Crippen LogP contribution in [0.5, 0.6) is 11.5 Å². The van der Waals surface area contributed by atoms with Gasteiger partial charge in [-0.25, -0.2) is 4.98 Å². The maximum absolute atomic E-state index is 12.9. The molecule has 0 amide bonds. The number of nitrogens with zero attached hydrogens (tertiary/aromatic N) is 5. The number of thioether (sulfide) groups is 1. The summed E-state index contributed by atoms with van der Waals surface area (Å²) in [6, 6.07) is 17.7. The Labute approximate surface area is 204 Å². The molecule has 0 unspecified atom stereocenters. The van der Waals surface area contributed by atoms with E-state index in [1.165, 1.54) is 23.1 Å². The molecule has 4 aromatic rings. The predicted molar refractivity (Wildman–Crippen MR) is 128 cm³/mol. The predicted octanol–water partition coefficient (Wildman–Crippen LogP) is 4.46. The van der Waals surface area contributed by atoms with Gasteiger partial charge in [0, 0.05) is 16.6 Å². The number of ether oxygens (including phenoxy) is 2. The Hall–Kier alpha value is -3.68. The van der Waals surface area contributed by atoms with Crippen molar-refractivity contribution in [3.05, 3.63) is 70.2 Å². The summed E-state index contributed by atoms with van der Waals surface area (Å²) >= 11 is 2.60. The third-order valence-corrected chi connectivity index (χ3v) is 7.22. The number of aromatic nitrogens is 4. The molecule has 0 aliphatic carbocycles. The van der Waals surface area contributed by atoms with Crippen LogP contribution in [0, 0.1) is 18.3 Å². The monoisotopic (exact) mass is 489 g/mol. The summed E-state index contributed by atoms with van der Waals surface area (Å²) in [7, 11) is 0. The summed E-state index contributed by atoms with van der Waals surface area (Å²) < 4.78 is 12.9. The standard InChI is InChI=1S/C24H19N5O3S2/c1-15-12-33-23(26-15)18(10-25)19(30)13-34-24-28-27-22(17-5-3-2-4-6-17)29(24)11-16-7-8-20-21(9-16)32-14-31-20/h2-9,12,18H,11,13-14H2,1H3/t18-/m1/s1. The lowest BCUT2D eigenvalue weighted by atomic mass is 10.1. The van der Waals surface area contributed by atoms with Gasteiger partial charge in [0.05, 0.1) is 18.4 Å². The summed E-state index contributed by atoms with van der Waals surface area (Å²) in [5.41, 5.74) is 2.71. The van der Waals surface area contributed by atoms with E-state index >= 15 is 0 Å². The fraction of sp³-hybridized carbons (Fsp3) is 0.208. The van der Waals surface area contributed by atoms with E-state index in [0.29, 0.717) is 28.3 Å². The van der Waals surface area contributed by atoms with Crippen molar-refractivity contribution >= 4 is 28.9 Å². The molecule has 0 saturated heterocycles. The molecule has 2 aromatic carbocycles. The van der Waals surface area contributed by atoms with Crippen molar-refractivity contribution in [1.29, 1.82) is 5.26 Å². The van der Waals surface area contributed by atoms with Gasteiger partial charge in [0.1, 0.15) is 5.01 Å². The average molecular weight is 490 g/mol. The van der Waals surface area contributed by atoms with Gasteiger partial charge in [-0.2, -0.15) is 5.26 Å². The maximum Gasteiger partial charge on any atom is 0.231 e. The number of hydrogen-bond acceptors (Lipinski definition) is 9. The van der Waals surface area contributed by atoms with Gasteiger partial charge in [-0.05, 0) is 24.6 Å². The minimum Gasteiger partial charge on any atom is -0.454 e. The molecule has 1 atom stereocenters. The van der Waals surface area contributed by atoms with Crippen LogP contribution in [-0.4, -0.2) is 38.1 Å². The van der Waals surface area contributed by atoms with Crippen molar-refractivity contribution in [2.24, 2.45) is 0 Å². The van der Waals surface area contributed by atoms with Crippen LogP contribution in [0.1, 0.15) is 22.2 Å². The highest BCUT2D eigenvalue weighted by Crippen LogP contribution is 2.34. The molecule has 5 rings (SSSR count). The van der Waals surface area contributed by atoms with Crippen molar-refractivity contribution in [1.82, 2.24) is 19.7 Å². The zero-order chi connectivity index (χ0) is 23.5. The SMILES string of the molecule is Cc1csc([C@H](C#N)C(=O)CSc2nnc(-c3ccccc3)n2Cc2ccc3c(c2)OCO3)n1. The van der Waals surface area contributed by atoms with Gasteiger partial charge in [0.25, 0.3) is 0 Å². The second-order valence-electron chi connectivity index (χ2n) is 7.59. The van der Waals surface area contributed by atoms with E-state index < -0.39 is 5.92 Å². The van der Waals surface area contributed by atoms with Crippen LogP contribution >= 0.6 is 23.1 Å². The lowest BCUT2D eigenvalue weighted by Crippen LogP contribution is -2.14. The van der Waals surface area contributed by atoms with Crippen LogP contribution in [0.25, 0.3) is 11.4 Å². The summed E-state index contributed by atoms with van der Waals surface area (Å²) in [5.74, 6) is 1.11. The molecule has 170 valence electrons. The summed E-state index contributed by atoms with van der Waals surface area (Å²) in [6.45, 7) is 2.54. The van der Waals surface area contributed by atoms with Crippen LogP contribution in [0.2, 0.25) is 0 Å². The number of nitriles is 1. The topological polar surface area (TPSA) is 103 Å². The number of ketones is 1. The van der Waals surface area contributed by atoms with Gasteiger partial charge in [0.15, 0.2) is 34.2 Å². The molecule has 1 aliphatic heterocycles. The van der Waals surface area contributed by atoms with Crippen LogP contribution < -0.4 is 9.47 Å². The number of hydrogen-bond donors (Lipinski definition) is 0.